The number of aliphatic hydroxyl groups excluding tert-OH is 2. The van der Waals surface area contributed by atoms with E-state index in [1.165, 1.54) is 270 Å². The third kappa shape index (κ3) is 59.2. The predicted molar refractivity (Wildman–Crippen MR) is 319 cm³/mol. The zero-order chi connectivity index (χ0) is 52.9. The second-order valence-electron chi connectivity index (χ2n) is 22.5. The lowest BCUT2D eigenvalue weighted by molar-refractivity contribution is -0.143. The maximum absolute atomic E-state index is 12.5. The molecule has 0 aromatic carbocycles. The van der Waals surface area contributed by atoms with Crippen LogP contribution in [-0.2, 0) is 14.3 Å². The van der Waals surface area contributed by atoms with Gasteiger partial charge in [-0.05, 0) is 64.2 Å². The summed E-state index contributed by atoms with van der Waals surface area (Å²) >= 11 is 0. The summed E-state index contributed by atoms with van der Waals surface area (Å²) in [4.78, 5) is 24.5. The number of ether oxygens (including phenoxy) is 1. The molecule has 0 aliphatic heterocycles. The Morgan fingerprint density at radius 1 is 0.384 bits per heavy atom. The second-order valence-corrected chi connectivity index (χ2v) is 22.5. The molecular formula is C67H127NO5. The minimum atomic E-state index is -0.852. The van der Waals surface area contributed by atoms with Crippen molar-refractivity contribution in [2.24, 2.45) is 0 Å². The van der Waals surface area contributed by atoms with Crippen LogP contribution in [0.5, 0.6) is 0 Å². The van der Waals surface area contributed by atoms with Crippen molar-refractivity contribution in [2.45, 2.75) is 366 Å². The molecule has 0 rings (SSSR count). The summed E-state index contributed by atoms with van der Waals surface area (Å²) in [5.41, 5.74) is 0. The highest BCUT2D eigenvalue weighted by molar-refractivity contribution is 5.76. The molecule has 0 fully saturated rings. The maximum atomic E-state index is 12.5. The number of carbonyl (C=O) groups excluding carboxylic acids is 2. The SMILES string of the molecule is CCCCCCCCCCCCCCCCCCCC/C=C/C(O)C(CO)NC(=O)CCCCCCCCC/C=C\C/C=C\CCCCCCCCCCCOC(=O)CCCCCCCCCCCCCCC. The molecule has 0 aromatic rings. The van der Waals surface area contributed by atoms with E-state index in [-0.39, 0.29) is 18.5 Å². The van der Waals surface area contributed by atoms with Crippen LogP contribution < -0.4 is 5.32 Å². The molecule has 430 valence electrons. The summed E-state index contributed by atoms with van der Waals surface area (Å²) in [6.07, 6.45) is 79.1. The first-order chi connectivity index (χ1) is 36.0. The highest BCUT2D eigenvalue weighted by atomic mass is 16.5. The van der Waals surface area contributed by atoms with E-state index in [9.17, 15) is 19.8 Å². The van der Waals surface area contributed by atoms with E-state index in [0.29, 0.717) is 19.4 Å². The van der Waals surface area contributed by atoms with E-state index in [0.717, 1.165) is 57.8 Å². The number of allylic oxidation sites excluding steroid dienone is 5. The minimum absolute atomic E-state index is 0.00830. The summed E-state index contributed by atoms with van der Waals surface area (Å²) in [6.45, 7) is 4.92. The van der Waals surface area contributed by atoms with Crippen LogP contribution in [0.25, 0.3) is 0 Å². The van der Waals surface area contributed by atoms with Gasteiger partial charge in [-0.3, -0.25) is 9.59 Å². The molecule has 6 nitrogen and oxygen atoms in total. The molecule has 1 amide bonds. The standard InChI is InChI=1S/C67H127NO5/c1-3-5-7-9-11-13-15-17-18-19-20-26-29-32-36-39-43-47-51-55-59-65(70)64(63-69)68-66(71)60-56-52-48-44-40-37-33-30-27-24-22-21-23-25-28-31-34-38-42-46-50-54-58-62-73-67(72)61-57-53-49-45-41-35-16-14-12-10-8-6-4-2/h21,23-24,27,55,59,64-65,69-70H,3-20,22,25-26,28-54,56-58,60-63H2,1-2H3,(H,68,71)/b23-21-,27-24-,59-55+. The van der Waals surface area contributed by atoms with Gasteiger partial charge in [0.1, 0.15) is 0 Å². The van der Waals surface area contributed by atoms with Gasteiger partial charge in [0, 0.05) is 12.8 Å². The van der Waals surface area contributed by atoms with Crippen molar-refractivity contribution in [1.29, 1.82) is 0 Å². The number of unbranched alkanes of at least 4 members (excludes halogenated alkanes) is 46. The van der Waals surface area contributed by atoms with Crippen molar-refractivity contribution in [3.05, 3.63) is 36.5 Å². The molecule has 2 unspecified atom stereocenters. The number of nitrogens with one attached hydrogen (secondary N) is 1. The molecule has 2 atom stereocenters. The van der Waals surface area contributed by atoms with E-state index in [1.54, 1.807) is 6.08 Å². The van der Waals surface area contributed by atoms with Gasteiger partial charge < -0.3 is 20.3 Å². The molecular weight excluding hydrogens is 899 g/mol. The van der Waals surface area contributed by atoms with Gasteiger partial charge >= 0.3 is 5.97 Å². The molecule has 0 aromatic heterocycles. The van der Waals surface area contributed by atoms with E-state index in [4.69, 9.17) is 4.74 Å². The van der Waals surface area contributed by atoms with E-state index in [1.807, 2.05) is 6.08 Å². The molecule has 73 heavy (non-hydrogen) atoms. The molecule has 0 heterocycles. The van der Waals surface area contributed by atoms with E-state index in [2.05, 4.69) is 43.5 Å². The quantitative estimate of drug-likeness (QED) is 0.0320. The van der Waals surface area contributed by atoms with E-state index >= 15 is 0 Å². The largest absolute Gasteiger partial charge is 0.466 e. The first kappa shape index (κ1) is 71.1. The zero-order valence-electron chi connectivity index (χ0n) is 49.1. The lowest BCUT2D eigenvalue weighted by Gasteiger charge is -2.20. The fourth-order valence-electron chi connectivity index (χ4n) is 10.1. The average Bonchev–Trinajstić information content (AvgIpc) is 3.39. The van der Waals surface area contributed by atoms with Gasteiger partial charge in [-0.1, -0.05) is 314 Å². The Balaban J connectivity index is 3.48. The molecule has 0 aliphatic carbocycles. The molecule has 0 radical (unpaired) electrons. The minimum Gasteiger partial charge on any atom is -0.466 e. The summed E-state index contributed by atoms with van der Waals surface area (Å²) in [5, 5.41) is 23.2. The third-order valence-electron chi connectivity index (χ3n) is 15.2. The van der Waals surface area contributed by atoms with Gasteiger partial charge in [-0.2, -0.15) is 0 Å². The van der Waals surface area contributed by atoms with Crippen molar-refractivity contribution in [3.8, 4) is 0 Å². The number of amides is 1. The summed E-state index contributed by atoms with van der Waals surface area (Å²) in [6, 6.07) is -0.636. The summed E-state index contributed by atoms with van der Waals surface area (Å²) < 4.78 is 5.48. The molecule has 0 aliphatic rings. The molecule has 6 heteroatoms. The Morgan fingerprint density at radius 2 is 0.685 bits per heavy atom. The number of rotatable bonds is 61. The highest BCUT2D eigenvalue weighted by Crippen LogP contribution is 2.17. The van der Waals surface area contributed by atoms with Crippen LogP contribution in [0.3, 0.4) is 0 Å². The monoisotopic (exact) mass is 1030 g/mol. The molecule has 3 N–H and O–H groups in total. The van der Waals surface area contributed by atoms with Crippen molar-refractivity contribution in [1.82, 2.24) is 5.32 Å². The van der Waals surface area contributed by atoms with Gasteiger partial charge in [-0.15, -0.1) is 0 Å². The van der Waals surface area contributed by atoms with Crippen molar-refractivity contribution in [2.75, 3.05) is 13.2 Å². The summed E-state index contributed by atoms with van der Waals surface area (Å²) in [5.74, 6) is -0.0674. The number of carbonyl (C=O) groups is 2. The van der Waals surface area contributed by atoms with Gasteiger partial charge in [0.25, 0.3) is 0 Å². The second kappa shape index (κ2) is 62.6. The van der Waals surface area contributed by atoms with Crippen LogP contribution in [0.2, 0.25) is 0 Å². The fraction of sp³-hybridized carbons (Fsp3) is 0.881. The van der Waals surface area contributed by atoms with Gasteiger partial charge in [-0.25, -0.2) is 0 Å². The van der Waals surface area contributed by atoms with Crippen LogP contribution in [0, 0.1) is 0 Å². The Morgan fingerprint density at radius 3 is 1.04 bits per heavy atom. The van der Waals surface area contributed by atoms with Crippen molar-refractivity contribution in [3.63, 3.8) is 0 Å². The van der Waals surface area contributed by atoms with Crippen LogP contribution in [0.15, 0.2) is 36.5 Å². The normalized spacial score (nSPS) is 12.8. The fourth-order valence-corrected chi connectivity index (χ4v) is 10.1. The Hall–Kier alpha value is -1.92. The lowest BCUT2D eigenvalue weighted by Crippen LogP contribution is -2.45. The number of hydrogen-bond acceptors (Lipinski definition) is 5. The topological polar surface area (TPSA) is 95.9 Å². The zero-order valence-corrected chi connectivity index (χ0v) is 49.1. The molecule has 0 saturated heterocycles. The first-order valence-corrected chi connectivity index (χ1v) is 32.8. The number of esters is 1. The Bertz CT molecular complexity index is 1180. The van der Waals surface area contributed by atoms with Crippen molar-refractivity contribution < 1.29 is 24.5 Å². The van der Waals surface area contributed by atoms with Gasteiger partial charge in [0.15, 0.2) is 0 Å². The maximum Gasteiger partial charge on any atom is 0.305 e. The predicted octanol–water partition coefficient (Wildman–Crippen LogP) is 20.8. The summed E-state index contributed by atoms with van der Waals surface area (Å²) in [7, 11) is 0. The van der Waals surface area contributed by atoms with Crippen LogP contribution in [-0.4, -0.2) is 47.4 Å². The first-order valence-electron chi connectivity index (χ1n) is 32.8. The van der Waals surface area contributed by atoms with Gasteiger partial charge in [0.2, 0.25) is 5.91 Å². The van der Waals surface area contributed by atoms with Crippen molar-refractivity contribution >= 4 is 11.9 Å². The molecule has 0 saturated carbocycles. The van der Waals surface area contributed by atoms with Crippen LogP contribution >= 0.6 is 0 Å². The van der Waals surface area contributed by atoms with Crippen LogP contribution in [0.4, 0.5) is 0 Å². The Labute approximate surface area is 455 Å². The number of aliphatic hydroxyl groups is 2. The Kier molecular flexibility index (Phi) is 61.0. The van der Waals surface area contributed by atoms with Crippen LogP contribution in [0.1, 0.15) is 354 Å². The molecule has 0 spiro atoms. The third-order valence-corrected chi connectivity index (χ3v) is 15.2. The van der Waals surface area contributed by atoms with Gasteiger partial charge in [0.05, 0.1) is 25.4 Å². The molecule has 0 bridgehead atoms. The average molecular weight is 1030 g/mol. The lowest BCUT2D eigenvalue weighted by atomic mass is 10.0. The highest BCUT2D eigenvalue weighted by Gasteiger charge is 2.18. The van der Waals surface area contributed by atoms with E-state index < -0.39 is 12.1 Å². The number of hydrogen-bond donors (Lipinski definition) is 3. The smallest absolute Gasteiger partial charge is 0.305 e.